The molecule has 0 unspecified atom stereocenters. The summed E-state index contributed by atoms with van der Waals surface area (Å²) < 4.78 is 38.6. The van der Waals surface area contributed by atoms with E-state index in [4.69, 9.17) is 14.5 Å². The molecule has 0 spiro atoms. The molecule has 756 valence electrons. The van der Waals surface area contributed by atoms with Crippen molar-refractivity contribution in [2.24, 2.45) is 0 Å². The second-order valence-electron chi connectivity index (χ2n) is 36.9. The smallest absolute Gasteiger partial charge is 0.253 e. The van der Waals surface area contributed by atoms with Crippen molar-refractivity contribution in [3.8, 4) is 11.5 Å². The minimum Gasteiger partial charge on any atom is -0.497 e. The van der Waals surface area contributed by atoms with Crippen molar-refractivity contribution < 1.29 is 42.2 Å². The van der Waals surface area contributed by atoms with Crippen LogP contribution < -0.4 is 35.6 Å². The predicted octanol–water partition coefficient (Wildman–Crippen LogP) is 24.0. The van der Waals surface area contributed by atoms with Crippen LogP contribution in [0.15, 0.2) is 313 Å². The molecule has 5 amide bonds. The lowest BCUT2D eigenvalue weighted by Crippen LogP contribution is -2.30. The average Bonchev–Trinajstić information content (AvgIpc) is 0.784. The van der Waals surface area contributed by atoms with Crippen LogP contribution in [0.2, 0.25) is 0 Å². The third-order valence-corrected chi connectivity index (χ3v) is 28.1. The Balaban J connectivity index is 0.000000152. The van der Waals surface area contributed by atoms with Crippen LogP contribution in [0.25, 0.3) is 38.8 Å². The van der Waals surface area contributed by atoms with E-state index < -0.39 is 0 Å². The summed E-state index contributed by atoms with van der Waals surface area (Å²) in [5.41, 5.74) is 30.1. The third kappa shape index (κ3) is 29.1. The fourth-order valence-electron chi connectivity index (χ4n) is 19.9. The van der Waals surface area contributed by atoms with Gasteiger partial charge >= 0.3 is 0 Å². The van der Waals surface area contributed by atoms with Crippen molar-refractivity contribution in [3.63, 3.8) is 0 Å². The Bertz CT molecular complexity index is 6430. The number of fused-ring (bicyclic) bond motifs is 1. The Morgan fingerprint density at radius 3 is 0.931 bits per heavy atom. The van der Waals surface area contributed by atoms with Gasteiger partial charge in [0.1, 0.15) is 23.1 Å². The predicted molar refractivity (Wildman–Crippen MR) is 590 cm³/mol. The Labute approximate surface area is 858 Å². The van der Waals surface area contributed by atoms with Gasteiger partial charge in [0.2, 0.25) is 5.91 Å². The SMILES string of the molecule is CC(=O)N(C)c1ccc(C(=C2CCNCC2)c2cccc(F)c2)cc1.CCN(CC)C(=O)c1ccc(C(=C2CCN(Cc3ccccc3)CC2)c2cccc(OC)c2)cc1.CCN(CC)C(=O)c1ccc(C(=C2CCNCC2)c2cccc(F)c2)cc1.CCN(CC)C(=O)c1ccc(C(=C2CCNCC2)c2cccc(OC)c2)cc1.CCN(CC)C(=O)c1ccc(C(=C2CCNCC2)c2cccc3cccnc23)cc1. The summed E-state index contributed by atoms with van der Waals surface area (Å²) in [7, 11) is 5.17. The number of ether oxygens (including phenoxy) is 2. The number of carbonyl (C=O) groups is 5. The molecule has 4 N–H and O–H groups in total. The van der Waals surface area contributed by atoms with Gasteiger partial charge in [-0.15, -0.1) is 0 Å². The number of benzene rings is 11. The van der Waals surface area contributed by atoms with Crippen molar-refractivity contribution in [1.82, 2.24) is 50.8 Å². The number of para-hydroxylation sites is 1. The van der Waals surface area contributed by atoms with E-state index in [0.717, 1.165) is 270 Å². The van der Waals surface area contributed by atoms with E-state index in [1.807, 2.05) is 203 Å². The number of nitrogens with one attached hydrogen (secondary N) is 4. The summed E-state index contributed by atoms with van der Waals surface area (Å²) in [6.07, 6.45) is 11.9. The second-order valence-corrected chi connectivity index (χ2v) is 36.9. The molecule has 1 aromatic heterocycles. The van der Waals surface area contributed by atoms with Gasteiger partial charge in [0.05, 0.1) is 19.7 Å². The van der Waals surface area contributed by atoms with E-state index in [0.29, 0.717) is 18.7 Å². The molecular weight excluding hydrogens is 1810 g/mol. The Morgan fingerprint density at radius 2 is 0.607 bits per heavy atom. The average molecular weight is 1950 g/mol. The molecule has 11 aromatic carbocycles. The fraction of sp³-hybridized carbons (Fsp3) is 0.328. The maximum absolute atomic E-state index is 13.9. The number of aromatic nitrogens is 1. The Kier molecular flexibility index (Phi) is 41.3. The monoisotopic (exact) mass is 1950 g/mol. The van der Waals surface area contributed by atoms with Crippen LogP contribution in [0.5, 0.6) is 11.5 Å². The number of halogens is 2. The minimum absolute atomic E-state index is 0.00480. The highest BCUT2D eigenvalue weighted by Gasteiger charge is 2.27. The van der Waals surface area contributed by atoms with Gasteiger partial charge in [0.25, 0.3) is 23.6 Å². The molecule has 12 aromatic rings. The highest BCUT2D eigenvalue weighted by Crippen LogP contribution is 2.41. The van der Waals surface area contributed by atoms with Gasteiger partial charge < -0.3 is 55.2 Å². The van der Waals surface area contributed by atoms with E-state index in [2.05, 4.69) is 147 Å². The molecule has 17 rings (SSSR count). The number of anilines is 1. The maximum atomic E-state index is 13.9. The molecular formula is C125H145F2N11O7. The molecule has 0 saturated carbocycles. The lowest BCUT2D eigenvalue weighted by Gasteiger charge is -2.30. The molecule has 5 fully saturated rings. The quantitative estimate of drug-likeness (QED) is 0.0382. The molecule has 5 saturated heterocycles. The molecule has 145 heavy (non-hydrogen) atoms. The largest absolute Gasteiger partial charge is 0.497 e. The van der Waals surface area contributed by atoms with Gasteiger partial charge in [-0.3, -0.25) is 33.9 Å². The zero-order valence-electron chi connectivity index (χ0n) is 86.9. The number of amides is 5. The lowest BCUT2D eigenvalue weighted by molar-refractivity contribution is -0.116. The van der Waals surface area contributed by atoms with Gasteiger partial charge in [0, 0.05) is 131 Å². The fourth-order valence-corrected chi connectivity index (χ4v) is 19.9. The molecule has 0 bridgehead atoms. The first-order chi connectivity index (χ1) is 70.7. The van der Waals surface area contributed by atoms with Crippen molar-refractivity contribution in [2.45, 2.75) is 133 Å². The first-order valence-electron chi connectivity index (χ1n) is 52.0. The van der Waals surface area contributed by atoms with Crippen LogP contribution in [0, 0.1) is 11.6 Å². The van der Waals surface area contributed by atoms with Crippen LogP contribution in [0.3, 0.4) is 0 Å². The number of carbonyl (C=O) groups excluding carboxylic acids is 5. The van der Waals surface area contributed by atoms with Gasteiger partial charge in [0.15, 0.2) is 0 Å². The zero-order chi connectivity index (χ0) is 103. The number of pyridine rings is 1. The van der Waals surface area contributed by atoms with Crippen LogP contribution in [0.4, 0.5) is 14.5 Å². The van der Waals surface area contributed by atoms with E-state index in [-0.39, 0.29) is 41.2 Å². The summed E-state index contributed by atoms with van der Waals surface area (Å²) >= 11 is 0. The number of hydrogen-bond acceptors (Lipinski definition) is 13. The lowest BCUT2D eigenvalue weighted by atomic mass is 9.87. The minimum atomic E-state index is -0.229. The van der Waals surface area contributed by atoms with E-state index in [1.165, 1.54) is 79.0 Å². The van der Waals surface area contributed by atoms with E-state index in [9.17, 15) is 32.8 Å². The third-order valence-electron chi connectivity index (χ3n) is 28.1. The topological polar surface area (TPSA) is 184 Å². The second kappa shape index (κ2) is 55.3. The van der Waals surface area contributed by atoms with Crippen molar-refractivity contribution in [2.75, 3.05) is 144 Å². The summed E-state index contributed by atoms with van der Waals surface area (Å²) in [6.45, 7) is 34.2. The molecule has 5 aliphatic rings. The van der Waals surface area contributed by atoms with Crippen LogP contribution in [-0.2, 0) is 11.3 Å². The number of nitrogens with zero attached hydrogens (tertiary/aromatic N) is 7. The molecule has 20 heteroatoms. The molecule has 18 nitrogen and oxygen atoms in total. The number of likely N-dealkylation sites (tertiary alicyclic amines) is 1. The number of hydrogen-bond donors (Lipinski definition) is 4. The summed E-state index contributed by atoms with van der Waals surface area (Å²) in [5, 5.41) is 14.8. The molecule has 0 radical (unpaired) electrons. The number of rotatable bonds is 27. The molecule has 5 aliphatic heterocycles. The maximum Gasteiger partial charge on any atom is 0.253 e. The normalized spacial score (nSPS) is 14.0. The van der Waals surface area contributed by atoms with Gasteiger partial charge in [-0.1, -0.05) is 192 Å². The van der Waals surface area contributed by atoms with Crippen LogP contribution >= 0.6 is 0 Å². The first kappa shape index (κ1) is 108. The van der Waals surface area contributed by atoms with Gasteiger partial charge in [-0.2, -0.15) is 0 Å². The Hall–Kier alpha value is -13.9. The van der Waals surface area contributed by atoms with E-state index in [1.54, 1.807) is 57.4 Å². The highest BCUT2D eigenvalue weighted by molar-refractivity contribution is 6.00. The zero-order valence-corrected chi connectivity index (χ0v) is 86.9. The summed E-state index contributed by atoms with van der Waals surface area (Å²) in [6, 6.07) is 91.4. The molecule has 6 heterocycles. The van der Waals surface area contributed by atoms with Crippen LogP contribution in [0.1, 0.15) is 229 Å². The van der Waals surface area contributed by atoms with Crippen molar-refractivity contribution in [1.29, 1.82) is 0 Å². The van der Waals surface area contributed by atoms with Crippen molar-refractivity contribution >= 4 is 74.0 Å². The number of methoxy groups -OCH3 is 2. The summed E-state index contributed by atoms with van der Waals surface area (Å²) in [4.78, 5) is 78.5. The molecule has 0 aliphatic carbocycles. The van der Waals surface area contributed by atoms with E-state index >= 15 is 0 Å². The standard InChI is InChI=1S/C31H36N2O2.C26H29N3O.C24H30N2O2.C23H27FN2O.C21H23FN2O/c1-4-33(5-2)31(34)27-16-14-25(15-17-27)30(28-12-9-13-29(22-28)35-3)26-18-20-32(21-19-26)23-24-10-7-6-8-11-24;1-3-29(4-2)26(30)22-12-10-19(11-13-22)24(20-14-17-27-18-15-20)23-9-5-7-21-8-6-16-28-25(21)23;1-4-26(5-2)24(27)20-11-9-18(10-12-20)23(19-13-15-25-16-14-19)21-7-6-8-22(17-21)28-3;1-3-26(4-2)23(27)19-10-8-17(9-11-19)22(18-12-14-25-15-13-18)20-6-5-7-21(24)16-20;1-15(25)24(2)20-8-6-16(7-9-20)21(17-10-12-23-13-11-17)18-4-3-5-19(22)14-18/h6-17,22H,4-5,18-21,23H2,1-3H3;5-13,16,27H,3-4,14-15,17-18H2,1-2H3;6-12,17,25H,4-5,13-16H2,1-3H3;5-11,16,25H,3-4,12-15H2,1-2H3;3-9,14,23H,10-13H2,1-2H3. The highest BCUT2D eigenvalue weighted by atomic mass is 19.1. The summed E-state index contributed by atoms with van der Waals surface area (Å²) in [5.74, 6) is 1.58. The Morgan fingerprint density at radius 1 is 0.317 bits per heavy atom. The van der Waals surface area contributed by atoms with Gasteiger partial charge in [-0.25, -0.2) is 8.78 Å². The number of piperidine rings is 5. The van der Waals surface area contributed by atoms with Crippen LogP contribution in [-0.4, -0.2) is 198 Å². The van der Waals surface area contributed by atoms with Crippen molar-refractivity contribution in [3.05, 3.63) is 408 Å². The van der Waals surface area contributed by atoms with Gasteiger partial charge in [-0.05, 0) is 371 Å². The first-order valence-corrected chi connectivity index (χ1v) is 52.0. The molecule has 0 atom stereocenters.